The summed E-state index contributed by atoms with van der Waals surface area (Å²) < 4.78 is 0. The first-order valence-electron chi connectivity index (χ1n) is 6.72. The molecule has 0 unspecified atom stereocenters. The molecule has 0 spiro atoms. The van der Waals surface area contributed by atoms with Crippen molar-refractivity contribution >= 4 is 14.1 Å². The third-order valence-electron chi connectivity index (χ3n) is 2.68. The van der Waals surface area contributed by atoms with E-state index in [0.717, 1.165) is 11.8 Å². The molecular formula is C14H29Al. The minimum absolute atomic E-state index is 0.573. The van der Waals surface area contributed by atoms with Gasteiger partial charge < -0.3 is 0 Å². The molecule has 0 amide bonds. The van der Waals surface area contributed by atoms with Crippen molar-refractivity contribution in [1.82, 2.24) is 0 Å². The lowest BCUT2D eigenvalue weighted by Gasteiger charge is -2.12. The number of rotatable bonds is 8. The lowest BCUT2D eigenvalue weighted by atomic mass is 10.2. The molecule has 0 bridgehead atoms. The zero-order valence-corrected chi connectivity index (χ0v) is 12.6. The first-order chi connectivity index (χ1) is 7.06. The lowest BCUT2D eigenvalue weighted by molar-refractivity contribution is 0.694. The molecular weight excluding hydrogens is 195 g/mol. The van der Waals surface area contributed by atoms with Gasteiger partial charge in [0.2, 0.25) is 0 Å². The predicted octanol–water partition coefficient (Wildman–Crippen LogP) is 5.08. The fraction of sp³-hybridized carbons (Fsp3) is 0.857. The van der Waals surface area contributed by atoms with Crippen LogP contribution in [0.15, 0.2) is 11.0 Å². The maximum atomic E-state index is 2.61. The van der Waals surface area contributed by atoms with Crippen LogP contribution in [-0.2, 0) is 0 Å². The summed E-state index contributed by atoms with van der Waals surface area (Å²) in [6, 6.07) is 0. The van der Waals surface area contributed by atoms with Crippen LogP contribution in [0.5, 0.6) is 0 Å². The molecule has 15 heavy (non-hydrogen) atoms. The maximum Gasteiger partial charge on any atom is 0.294 e. The fourth-order valence-electron chi connectivity index (χ4n) is 2.08. The number of allylic oxidation sites excluding steroid dienone is 1. The largest absolute Gasteiger partial charge is 0.294 e. The normalized spacial score (nSPS) is 11.9. The van der Waals surface area contributed by atoms with Crippen molar-refractivity contribution in [2.75, 3.05) is 0 Å². The summed E-state index contributed by atoms with van der Waals surface area (Å²) in [6.07, 6.45) is 6.45. The summed E-state index contributed by atoms with van der Waals surface area (Å²) in [7, 11) is 0. The van der Waals surface area contributed by atoms with Gasteiger partial charge in [-0.05, 0) is 6.42 Å². The van der Waals surface area contributed by atoms with E-state index in [9.17, 15) is 0 Å². The monoisotopic (exact) mass is 224 g/mol. The van der Waals surface area contributed by atoms with E-state index in [0.29, 0.717) is 0 Å². The van der Waals surface area contributed by atoms with Gasteiger partial charge in [-0.15, -0.1) is 11.0 Å². The standard InChI is InChI=1S/C6H11.2C4H9.Al/c1-3-5-6-4-2;2*1-4(2)3;/h1,3H,4-6H2,2H3;2*4H,1H2,2-3H3;. The van der Waals surface area contributed by atoms with Crippen molar-refractivity contribution in [1.29, 1.82) is 0 Å². The Morgan fingerprint density at radius 3 is 1.93 bits per heavy atom. The Labute approximate surface area is 102 Å². The Kier molecular flexibility index (Phi) is 9.67. The molecule has 0 radical (unpaired) electrons. The highest BCUT2D eigenvalue weighted by Crippen LogP contribution is 2.15. The molecule has 0 nitrogen and oxygen atoms in total. The van der Waals surface area contributed by atoms with Gasteiger partial charge in [0.1, 0.15) is 0 Å². The van der Waals surface area contributed by atoms with Crippen LogP contribution in [0.1, 0.15) is 53.9 Å². The van der Waals surface area contributed by atoms with Crippen LogP contribution in [0.25, 0.3) is 0 Å². The molecule has 0 aliphatic heterocycles. The molecule has 0 heterocycles. The second-order valence-electron chi connectivity index (χ2n) is 5.59. The molecule has 1 heteroatoms. The van der Waals surface area contributed by atoms with E-state index in [1.165, 1.54) is 29.8 Å². The van der Waals surface area contributed by atoms with Crippen LogP contribution in [-0.4, -0.2) is 14.1 Å². The second kappa shape index (κ2) is 9.50. The van der Waals surface area contributed by atoms with Crippen molar-refractivity contribution < 1.29 is 0 Å². The van der Waals surface area contributed by atoms with E-state index >= 15 is 0 Å². The molecule has 0 aromatic heterocycles. The Morgan fingerprint density at radius 1 is 1.00 bits per heavy atom. The number of hydrogen-bond donors (Lipinski definition) is 0. The second-order valence-corrected chi connectivity index (χ2v) is 8.44. The van der Waals surface area contributed by atoms with Gasteiger partial charge >= 0.3 is 0 Å². The minimum Gasteiger partial charge on any atom is -0.148 e. The highest BCUT2D eigenvalue weighted by atomic mass is 27.2. The van der Waals surface area contributed by atoms with E-state index in [-0.39, 0.29) is 0 Å². The molecule has 0 saturated heterocycles. The van der Waals surface area contributed by atoms with Crippen LogP contribution in [0.2, 0.25) is 10.6 Å². The van der Waals surface area contributed by atoms with Crippen LogP contribution < -0.4 is 0 Å². The van der Waals surface area contributed by atoms with E-state index < -0.39 is 14.1 Å². The van der Waals surface area contributed by atoms with Crippen molar-refractivity contribution in [3.8, 4) is 0 Å². The summed E-state index contributed by atoms with van der Waals surface area (Å²) in [5.41, 5.74) is 0. The first-order valence-corrected chi connectivity index (χ1v) is 9.02. The van der Waals surface area contributed by atoms with Gasteiger partial charge in [-0.3, -0.25) is 0 Å². The minimum atomic E-state index is -0.573. The van der Waals surface area contributed by atoms with Crippen LogP contribution in [0.4, 0.5) is 0 Å². The zero-order valence-electron chi connectivity index (χ0n) is 11.4. The molecule has 0 rings (SSSR count). The first kappa shape index (κ1) is 15.3. The van der Waals surface area contributed by atoms with Crippen LogP contribution in [0.3, 0.4) is 0 Å². The molecule has 0 saturated carbocycles. The van der Waals surface area contributed by atoms with Crippen molar-refractivity contribution in [3.63, 3.8) is 0 Å². The number of unbranched alkanes of at least 4 members (excludes halogenated alkanes) is 2. The van der Waals surface area contributed by atoms with Gasteiger partial charge in [0.05, 0.1) is 0 Å². The molecule has 0 aromatic rings. The van der Waals surface area contributed by atoms with Crippen LogP contribution >= 0.6 is 0 Å². The van der Waals surface area contributed by atoms with E-state index in [2.05, 4.69) is 45.6 Å². The Bertz CT molecular complexity index is 149. The number of hydrogen-bond acceptors (Lipinski definition) is 0. The average molecular weight is 224 g/mol. The van der Waals surface area contributed by atoms with Gasteiger partial charge in [0.15, 0.2) is 0 Å². The van der Waals surface area contributed by atoms with Gasteiger partial charge in [0.25, 0.3) is 14.1 Å². The molecule has 0 aromatic carbocycles. The van der Waals surface area contributed by atoms with Crippen molar-refractivity contribution in [2.45, 2.75) is 64.4 Å². The average Bonchev–Trinajstić information content (AvgIpc) is 2.10. The quantitative estimate of drug-likeness (QED) is 0.398. The molecule has 0 aliphatic carbocycles. The molecule has 0 N–H and O–H groups in total. The fourth-order valence-corrected chi connectivity index (χ4v) is 5.58. The van der Waals surface area contributed by atoms with Gasteiger partial charge in [0, 0.05) is 0 Å². The Hall–Kier alpha value is 0.272. The SMILES string of the molecule is CCCC/C=[CH]/[Al]([CH2]C(C)C)[CH2]C(C)C. The van der Waals surface area contributed by atoms with Gasteiger partial charge in [-0.2, -0.15) is 0 Å². The summed E-state index contributed by atoms with van der Waals surface area (Å²) in [5.74, 6) is 1.77. The highest BCUT2D eigenvalue weighted by molar-refractivity contribution is 6.64. The van der Waals surface area contributed by atoms with E-state index in [4.69, 9.17) is 0 Å². The maximum absolute atomic E-state index is 2.61. The van der Waals surface area contributed by atoms with Crippen molar-refractivity contribution in [3.05, 3.63) is 11.0 Å². The predicted molar refractivity (Wildman–Crippen MR) is 73.7 cm³/mol. The van der Waals surface area contributed by atoms with Crippen molar-refractivity contribution in [2.24, 2.45) is 11.8 Å². The van der Waals surface area contributed by atoms with Crippen LogP contribution in [0, 0.1) is 11.8 Å². The third kappa shape index (κ3) is 10.6. The summed E-state index contributed by atoms with van der Waals surface area (Å²) in [6.45, 7) is 11.7. The molecule has 0 fully saturated rings. The smallest absolute Gasteiger partial charge is 0.148 e. The van der Waals surface area contributed by atoms with Gasteiger partial charge in [-0.1, -0.05) is 69.9 Å². The summed E-state index contributed by atoms with van der Waals surface area (Å²) >= 11 is -0.573. The Balaban J connectivity index is 3.93. The van der Waals surface area contributed by atoms with Gasteiger partial charge in [-0.25, -0.2) is 0 Å². The topological polar surface area (TPSA) is 0 Å². The molecule has 0 aliphatic rings. The highest BCUT2D eigenvalue weighted by Gasteiger charge is 2.16. The Morgan fingerprint density at radius 2 is 1.53 bits per heavy atom. The summed E-state index contributed by atoms with van der Waals surface area (Å²) in [4.78, 5) is 2.61. The molecule has 0 atom stereocenters. The lowest BCUT2D eigenvalue weighted by Crippen LogP contribution is -2.15. The van der Waals surface area contributed by atoms with E-state index in [1.807, 2.05) is 0 Å². The third-order valence-corrected chi connectivity index (χ3v) is 6.59. The summed E-state index contributed by atoms with van der Waals surface area (Å²) in [5, 5.41) is 2.97. The van der Waals surface area contributed by atoms with E-state index in [1.54, 1.807) is 0 Å². The molecule has 88 valence electrons. The zero-order chi connectivity index (χ0) is 11.7.